The van der Waals surface area contributed by atoms with Crippen LogP contribution in [0.2, 0.25) is 0 Å². The minimum atomic E-state index is 0.670. The SMILES string of the molecule is CC(NCCn1cncn1)C1CC1. The molecule has 1 unspecified atom stereocenters. The lowest BCUT2D eigenvalue weighted by atomic mass is 10.2. The molecule has 1 fully saturated rings. The molecule has 0 bridgehead atoms. The van der Waals surface area contributed by atoms with E-state index in [9.17, 15) is 0 Å². The van der Waals surface area contributed by atoms with E-state index in [0.29, 0.717) is 6.04 Å². The Bertz CT molecular complexity index is 240. The van der Waals surface area contributed by atoms with Crippen LogP contribution in [0.4, 0.5) is 0 Å². The first-order valence-electron chi connectivity index (χ1n) is 4.92. The number of nitrogens with one attached hydrogen (secondary N) is 1. The second-order valence-electron chi connectivity index (χ2n) is 3.74. The molecule has 1 atom stereocenters. The molecule has 72 valence electrons. The van der Waals surface area contributed by atoms with Gasteiger partial charge in [-0.1, -0.05) is 0 Å². The molecule has 1 N–H and O–H groups in total. The first-order chi connectivity index (χ1) is 6.36. The summed E-state index contributed by atoms with van der Waals surface area (Å²) in [5.74, 6) is 0.927. The van der Waals surface area contributed by atoms with Crippen LogP contribution in [0.25, 0.3) is 0 Å². The zero-order chi connectivity index (χ0) is 9.10. The molecule has 0 aliphatic heterocycles. The molecule has 0 amide bonds. The quantitative estimate of drug-likeness (QED) is 0.724. The van der Waals surface area contributed by atoms with Crippen molar-refractivity contribution in [2.45, 2.75) is 32.4 Å². The van der Waals surface area contributed by atoms with Gasteiger partial charge in [0.25, 0.3) is 0 Å². The van der Waals surface area contributed by atoms with E-state index >= 15 is 0 Å². The molecule has 1 aromatic rings. The Morgan fingerprint density at radius 2 is 2.46 bits per heavy atom. The predicted molar refractivity (Wildman–Crippen MR) is 50.2 cm³/mol. The highest BCUT2D eigenvalue weighted by atomic mass is 15.3. The maximum atomic E-state index is 4.04. The molecule has 4 heteroatoms. The van der Waals surface area contributed by atoms with E-state index < -0.39 is 0 Å². The molecule has 1 aromatic heterocycles. The Balaban J connectivity index is 1.63. The molecule has 4 nitrogen and oxygen atoms in total. The maximum absolute atomic E-state index is 4.04. The fourth-order valence-corrected chi connectivity index (χ4v) is 1.52. The van der Waals surface area contributed by atoms with Crippen LogP contribution in [0.15, 0.2) is 12.7 Å². The molecule has 1 aliphatic carbocycles. The van der Waals surface area contributed by atoms with Gasteiger partial charge in [0, 0.05) is 12.6 Å². The van der Waals surface area contributed by atoms with E-state index in [-0.39, 0.29) is 0 Å². The van der Waals surface area contributed by atoms with E-state index in [1.807, 2.05) is 4.68 Å². The highest BCUT2D eigenvalue weighted by Gasteiger charge is 2.27. The molecule has 2 rings (SSSR count). The lowest BCUT2D eigenvalue weighted by Gasteiger charge is -2.11. The summed E-state index contributed by atoms with van der Waals surface area (Å²) in [4.78, 5) is 3.89. The number of nitrogens with zero attached hydrogens (tertiary/aromatic N) is 3. The highest BCUT2D eigenvalue weighted by Crippen LogP contribution is 2.32. The molecule has 0 spiro atoms. The van der Waals surface area contributed by atoms with Gasteiger partial charge in [-0.05, 0) is 25.7 Å². The predicted octanol–water partition coefficient (Wildman–Crippen LogP) is 0.666. The van der Waals surface area contributed by atoms with E-state index in [0.717, 1.165) is 19.0 Å². The Kier molecular flexibility index (Phi) is 2.59. The summed E-state index contributed by atoms with van der Waals surface area (Å²) in [7, 11) is 0. The van der Waals surface area contributed by atoms with Gasteiger partial charge in [-0.2, -0.15) is 5.10 Å². The number of hydrogen-bond donors (Lipinski definition) is 1. The Labute approximate surface area is 78.4 Å². The molecular formula is C9H16N4. The monoisotopic (exact) mass is 180 g/mol. The molecule has 1 saturated carbocycles. The van der Waals surface area contributed by atoms with Crippen LogP contribution in [0, 0.1) is 5.92 Å². The largest absolute Gasteiger partial charge is 0.312 e. The van der Waals surface area contributed by atoms with Gasteiger partial charge in [0.15, 0.2) is 0 Å². The van der Waals surface area contributed by atoms with Crippen molar-refractivity contribution < 1.29 is 0 Å². The fraction of sp³-hybridized carbons (Fsp3) is 0.778. The van der Waals surface area contributed by atoms with Crippen molar-refractivity contribution in [2.24, 2.45) is 5.92 Å². The zero-order valence-electron chi connectivity index (χ0n) is 7.98. The van der Waals surface area contributed by atoms with E-state index in [1.54, 1.807) is 12.7 Å². The van der Waals surface area contributed by atoms with Gasteiger partial charge in [0.05, 0.1) is 6.54 Å². The van der Waals surface area contributed by atoms with Gasteiger partial charge < -0.3 is 5.32 Å². The third kappa shape index (κ3) is 2.52. The maximum Gasteiger partial charge on any atom is 0.137 e. The minimum Gasteiger partial charge on any atom is -0.312 e. The molecule has 0 radical (unpaired) electrons. The first-order valence-corrected chi connectivity index (χ1v) is 4.92. The average Bonchev–Trinajstić information content (AvgIpc) is 2.86. The molecule has 1 aliphatic rings. The lowest BCUT2D eigenvalue weighted by molar-refractivity contribution is 0.462. The number of rotatable bonds is 5. The van der Waals surface area contributed by atoms with Gasteiger partial charge in [-0.15, -0.1) is 0 Å². The Morgan fingerprint density at radius 3 is 3.08 bits per heavy atom. The van der Waals surface area contributed by atoms with Crippen LogP contribution in [0.5, 0.6) is 0 Å². The topological polar surface area (TPSA) is 42.7 Å². The van der Waals surface area contributed by atoms with Crippen molar-refractivity contribution in [2.75, 3.05) is 6.54 Å². The molecule has 0 saturated heterocycles. The second kappa shape index (κ2) is 3.87. The van der Waals surface area contributed by atoms with Crippen molar-refractivity contribution in [3.63, 3.8) is 0 Å². The summed E-state index contributed by atoms with van der Waals surface area (Å²) in [5, 5.41) is 7.53. The van der Waals surface area contributed by atoms with E-state index in [1.165, 1.54) is 12.8 Å². The number of hydrogen-bond acceptors (Lipinski definition) is 3. The Hall–Kier alpha value is -0.900. The lowest BCUT2D eigenvalue weighted by Crippen LogP contribution is -2.31. The van der Waals surface area contributed by atoms with Gasteiger partial charge in [-0.25, -0.2) is 4.98 Å². The normalized spacial score (nSPS) is 18.8. The average molecular weight is 180 g/mol. The minimum absolute atomic E-state index is 0.670. The van der Waals surface area contributed by atoms with Crippen molar-refractivity contribution in [3.8, 4) is 0 Å². The fourth-order valence-electron chi connectivity index (χ4n) is 1.52. The number of aromatic nitrogens is 3. The van der Waals surface area contributed by atoms with Crippen LogP contribution < -0.4 is 5.32 Å². The molecular weight excluding hydrogens is 164 g/mol. The van der Waals surface area contributed by atoms with Gasteiger partial charge in [0.1, 0.15) is 12.7 Å². The summed E-state index contributed by atoms with van der Waals surface area (Å²) in [6, 6.07) is 0.670. The summed E-state index contributed by atoms with van der Waals surface area (Å²) in [6.07, 6.45) is 6.13. The Morgan fingerprint density at radius 1 is 1.62 bits per heavy atom. The van der Waals surface area contributed by atoms with Crippen LogP contribution in [0.3, 0.4) is 0 Å². The summed E-state index contributed by atoms with van der Waals surface area (Å²) < 4.78 is 1.85. The summed E-state index contributed by atoms with van der Waals surface area (Å²) in [5.41, 5.74) is 0. The van der Waals surface area contributed by atoms with Gasteiger partial charge in [0.2, 0.25) is 0 Å². The molecule has 0 aromatic carbocycles. The van der Waals surface area contributed by atoms with Crippen LogP contribution in [0.1, 0.15) is 19.8 Å². The zero-order valence-corrected chi connectivity index (χ0v) is 7.98. The van der Waals surface area contributed by atoms with E-state index in [4.69, 9.17) is 0 Å². The third-order valence-electron chi connectivity index (χ3n) is 2.60. The second-order valence-corrected chi connectivity index (χ2v) is 3.74. The third-order valence-corrected chi connectivity index (χ3v) is 2.60. The summed E-state index contributed by atoms with van der Waals surface area (Å²) in [6.45, 7) is 4.16. The van der Waals surface area contributed by atoms with Crippen molar-refractivity contribution in [1.29, 1.82) is 0 Å². The van der Waals surface area contributed by atoms with E-state index in [2.05, 4.69) is 22.3 Å². The van der Waals surface area contributed by atoms with Gasteiger partial charge in [-0.3, -0.25) is 4.68 Å². The van der Waals surface area contributed by atoms with Crippen LogP contribution in [-0.4, -0.2) is 27.4 Å². The smallest absolute Gasteiger partial charge is 0.137 e. The van der Waals surface area contributed by atoms with Crippen molar-refractivity contribution in [3.05, 3.63) is 12.7 Å². The van der Waals surface area contributed by atoms with Crippen LogP contribution >= 0.6 is 0 Å². The van der Waals surface area contributed by atoms with Crippen molar-refractivity contribution >= 4 is 0 Å². The molecule has 1 heterocycles. The van der Waals surface area contributed by atoms with Crippen LogP contribution in [-0.2, 0) is 6.54 Å². The van der Waals surface area contributed by atoms with Gasteiger partial charge >= 0.3 is 0 Å². The summed E-state index contributed by atoms with van der Waals surface area (Å²) >= 11 is 0. The highest BCUT2D eigenvalue weighted by molar-refractivity contribution is 4.82. The van der Waals surface area contributed by atoms with Crippen molar-refractivity contribution in [1.82, 2.24) is 20.1 Å². The molecule has 13 heavy (non-hydrogen) atoms. The first kappa shape index (κ1) is 8.69. The standard InChI is InChI=1S/C9H16N4/c1-8(9-2-3-9)11-4-5-13-7-10-6-12-13/h6-9,11H,2-5H2,1H3.